The maximum atomic E-state index is 12.9. The van der Waals surface area contributed by atoms with Gasteiger partial charge in [0, 0.05) is 31.4 Å². The van der Waals surface area contributed by atoms with E-state index in [2.05, 4.69) is 16.6 Å². The lowest BCUT2D eigenvalue weighted by Gasteiger charge is -2.22. The Kier molecular flexibility index (Phi) is 3.34. The summed E-state index contributed by atoms with van der Waals surface area (Å²) in [4.78, 5) is 0. The minimum absolute atomic E-state index is 0.184. The molecule has 1 aliphatic rings. The van der Waals surface area contributed by atoms with Crippen LogP contribution in [0.25, 0.3) is 0 Å². The molecule has 1 aliphatic carbocycles. The zero-order valence-electron chi connectivity index (χ0n) is 11.1. The number of fused-ring (bicyclic) bond motifs is 1. The third kappa shape index (κ3) is 2.68. The fourth-order valence-corrected chi connectivity index (χ4v) is 2.72. The van der Waals surface area contributed by atoms with Gasteiger partial charge in [0.05, 0.1) is 5.69 Å². The van der Waals surface area contributed by atoms with Crippen molar-refractivity contribution < 1.29 is 4.39 Å². The van der Waals surface area contributed by atoms with Crippen LogP contribution < -0.4 is 5.32 Å². The van der Waals surface area contributed by atoms with Gasteiger partial charge in [-0.1, -0.05) is 12.1 Å². The number of benzene rings is 1. The summed E-state index contributed by atoms with van der Waals surface area (Å²) < 4.78 is 14.7. The molecule has 19 heavy (non-hydrogen) atoms. The molecule has 3 nitrogen and oxygen atoms in total. The van der Waals surface area contributed by atoms with Gasteiger partial charge < -0.3 is 5.32 Å². The number of nitrogens with zero attached hydrogens (tertiary/aromatic N) is 2. The highest BCUT2D eigenvalue weighted by Crippen LogP contribution is 2.28. The normalized spacial score (nSPS) is 18.3. The molecule has 3 rings (SSSR count). The van der Waals surface area contributed by atoms with Gasteiger partial charge in [-0.05, 0) is 37.0 Å². The summed E-state index contributed by atoms with van der Waals surface area (Å²) in [6, 6.07) is 7.04. The number of halogens is 1. The lowest BCUT2D eigenvalue weighted by molar-refractivity contribution is 0.457. The molecule has 1 aromatic heterocycles. The summed E-state index contributed by atoms with van der Waals surface area (Å²) in [6.45, 7) is 0.763. The van der Waals surface area contributed by atoms with E-state index in [-0.39, 0.29) is 5.82 Å². The van der Waals surface area contributed by atoms with Gasteiger partial charge in [0.2, 0.25) is 0 Å². The molecule has 0 amide bonds. The molecule has 0 bridgehead atoms. The number of nitrogens with one attached hydrogen (secondary N) is 1. The summed E-state index contributed by atoms with van der Waals surface area (Å²) in [5.74, 6) is -0.184. The molecule has 0 saturated carbocycles. The maximum Gasteiger partial charge on any atom is 0.123 e. The summed E-state index contributed by atoms with van der Waals surface area (Å²) in [5.41, 5.74) is 3.64. The highest BCUT2D eigenvalue weighted by Gasteiger charge is 2.22. The molecule has 100 valence electrons. The van der Waals surface area contributed by atoms with Gasteiger partial charge in [0.25, 0.3) is 0 Å². The molecular weight excluding hydrogens is 241 g/mol. The first-order valence-corrected chi connectivity index (χ1v) is 6.72. The van der Waals surface area contributed by atoms with Crippen molar-refractivity contribution in [2.75, 3.05) is 0 Å². The monoisotopic (exact) mass is 259 g/mol. The lowest BCUT2D eigenvalue weighted by atomic mass is 9.93. The summed E-state index contributed by atoms with van der Waals surface area (Å²) in [5, 5.41) is 8.05. The van der Waals surface area contributed by atoms with Crippen LogP contribution in [0.5, 0.6) is 0 Å². The van der Waals surface area contributed by atoms with E-state index in [1.54, 1.807) is 0 Å². The molecule has 4 heteroatoms. The standard InChI is InChI=1S/C15H18FN3/c1-19-10-13-14(3-2-4-15(13)18-19)17-9-11-5-7-12(16)8-6-11/h5-8,10,14,17H,2-4,9H2,1H3/t14-/m1/s1. The molecule has 0 saturated heterocycles. The molecule has 1 N–H and O–H groups in total. The number of hydrogen-bond acceptors (Lipinski definition) is 2. The predicted molar refractivity (Wildman–Crippen MR) is 72.1 cm³/mol. The highest BCUT2D eigenvalue weighted by molar-refractivity contribution is 5.24. The summed E-state index contributed by atoms with van der Waals surface area (Å²) >= 11 is 0. The second-order valence-electron chi connectivity index (χ2n) is 5.16. The van der Waals surface area contributed by atoms with Gasteiger partial charge in [0.15, 0.2) is 0 Å². The molecule has 2 aromatic rings. The van der Waals surface area contributed by atoms with Crippen molar-refractivity contribution in [1.82, 2.24) is 15.1 Å². The maximum absolute atomic E-state index is 12.9. The fraction of sp³-hybridized carbons (Fsp3) is 0.400. The first kappa shape index (κ1) is 12.4. The van der Waals surface area contributed by atoms with Crippen molar-refractivity contribution in [2.24, 2.45) is 7.05 Å². The third-order valence-electron chi connectivity index (χ3n) is 3.69. The van der Waals surface area contributed by atoms with Gasteiger partial charge >= 0.3 is 0 Å². The third-order valence-corrected chi connectivity index (χ3v) is 3.69. The van der Waals surface area contributed by atoms with Crippen LogP contribution in [-0.4, -0.2) is 9.78 Å². The van der Waals surface area contributed by atoms with Crippen LogP contribution in [0.1, 0.15) is 35.7 Å². The van der Waals surface area contributed by atoms with E-state index < -0.39 is 0 Å². The first-order chi connectivity index (χ1) is 9.22. The second kappa shape index (κ2) is 5.13. The molecule has 0 radical (unpaired) electrons. The average Bonchev–Trinajstić information content (AvgIpc) is 2.79. The van der Waals surface area contributed by atoms with Crippen LogP contribution in [0.3, 0.4) is 0 Å². The van der Waals surface area contributed by atoms with Crippen molar-refractivity contribution in [1.29, 1.82) is 0 Å². The van der Waals surface area contributed by atoms with Gasteiger partial charge in [-0.25, -0.2) is 4.39 Å². The number of aromatic nitrogens is 2. The van der Waals surface area contributed by atoms with Crippen LogP contribution >= 0.6 is 0 Å². The van der Waals surface area contributed by atoms with Gasteiger partial charge in [-0.2, -0.15) is 5.10 Å². The zero-order chi connectivity index (χ0) is 13.2. The minimum Gasteiger partial charge on any atom is -0.306 e. The second-order valence-corrected chi connectivity index (χ2v) is 5.16. The predicted octanol–water partition coefficient (Wildman–Crippen LogP) is 2.73. The number of aryl methyl sites for hydroxylation is 2. The van der Waals surface area contributed by atoms with Crippen molar-refractivity contribution in [3.8, 4) is 0 Å². The summed E-state index contributed by atoms with van der Waals surface area (Å²) in [6.07, 6.45) is 5.49. The highest BCUT2D eigenvalue weighted by atomic mass is 19.1. The molecule has 1 atom stereocenters. The number of rotatable bonds is 3. The Morgan fingerprint density at radius 1 is 1.37 bits per heavy atom. The average molecular weight is 259 g/mol. The molecular formula is C15H18FN3. The van der Waals surface area contributed by atoms with E-state index >= 15 is 0 Å². The fourth-order valence-electron chi connectivity index (χ4n) is 2.72. The molecule has 1 aromatic carbocycles. The van der Waals surface area contributed by atoms with Crippen molar-refractivity contribution in [2.45, 2.75) is 31.8 Å². The topological polar surface area (TPSA) is 29.9 Å². The van der Waals surface area contributed by atoms with Crippen molar-refractivity contribution in [3.05, 3.63) is 53.1 Å². The van der Waals surface area contributed by atoms with E-state index in [0.29, 0.717) is 6.04 Å². The Hall–Kier alpha value is -1.68. The Labute approximate surface area is 112 Å². The van der Waals surface area contributed by atoms with Crippen LogP contribution in [-0.2, 0) is 20.0 Å². The Bertz CT molecular complexity index is 559. The minimum atomic E-state index is -0.184. The van der Waals surface area contributed by atoms with Crippen LogP contribution in [0, 0.1) is 5.82 Å². The van der Waals surface area contributed by atoms with Crippen molar-refractivity contribution >= 4 is 0 Å². The molecule has 0 unspecified atom stereocenters. The zero-order valence-corrected chi connectivity index (χ0v) is 11.1. The van der Waals surface area contributed by atoms with Crippen molar-refractivity contribution in [3.63, 3.8) is 0 Å². The first-order valence-electron chi connectivity index (χ1n) is 6.72. The van der Waals surface area contributed by atoms with Crippen LogP contribution in [0.15, 0.2) is 30.5 Å². The van der Waals surface area contributed by atoms with Gasteiger partial charge in [0.1, 0.15) is 5.82 Å². The van der Waals surface area contributed by atoms with Crippen LogP contribution in [0.2, 0.25) is 0 Å². The van der Waals surface area contributed by atoms with E-state index in [9.17, 15) is 4.39 Å². The Morgan fingerprint density at radius 3 is 2.95 bits per heavy atom. The van der Waals surface area contributed by atoms with Crippen LogP contribution in [0.4, 0.5) is 4.39 Å². The largest absolute Gasteiger partial charge is 0.306 e. The molecule has 1 heterocycles. The van der Waals surface area contributed by atoms with Gasteiger partial charge in [-0.15, -0.1) is 0 Å². The Morgan fingerprint density at radius 2 is 2.16 bits per heavy atom. The van der Waals surface area contributed by atoms with Gasteiger partial charge in [-0.3, -0.25) is 4.68 Å². The van der Waals surface area contributed by atoms with E-state index in [0.717, 1.165) is 24.9 Å². The summed E-state index contributed by atoms with van der Waals surface area (Å²) in [7, 11) is 1.97. The SMILES string of the molecule is Cn1cc2c(n1)CCC[C@H]2NCc1ccc(F)cc1. The van der Waals surface area contributed by atoms with E-state index in [1.807, 2.05) is 23.9 Å². The molecule has 0 aliphatic heterocycles. The lowest BCUT2D eigenvalue weighted by Crippen LogP contribution is -2.24. The van der Waals surface area contributed by atoms with E-state index in [1.165, 1.54) is 29.8 Å². The molecule has 0 spiro atoms. The molecule has 0 fully saturated rings. The van der Waals surface area contributed by atoms with E-state index in [4.69, 9.17) is 0 Å². The quantitative estimate of drug-likeness (QED) is 0.918. The number of hydrogen-bond donors (Lipinski definition) is 1. The smallest absolute Gasteiger partial charge is 0.123 e. The Balaban J connectivity index is 1.69.